The van der Waals surface area contributed by atoms with Crippen LogP contribution in [-0.4, -0.2) is 36.4 Å². The first-order chi connectivity index (χ1) is 18.6. The molecule has 6 rings (SSSR count). The van der Waals surface area contributed by atoms with Crippen LogP contribution in [0.15, 0.2) is 103 Å². The van der Waals surface area contributed by atoms with Crippen LogP contribution in [0.1, 0.15) is 34.9 Å². The highest BCUT2D eigenvalue weighted by Gasteiger charge is 2.34. The summed E-state index contributed by atoms with van der Waals surface area (Å²) < 4.78 is 5.62. The summed E-state index contributed by atoms with van der Waals surface area (Å²) in [6.07, 6.45) is -0.453. The summed E-state index contributed by atoms with van der Waals surface area (Å²) in [6.45, 7) is 0.778. The van der Waals surface area contributed by atoms with Crippen LogP contribution in [0, 0.1) is 0 Å². The molecule has 38 heavy (non-hydrogen) atoms. The highest BCUT2D eigenvalue weighted by Crippen LogP contribution is 2.45. The Morgan fingerprint density at radius 3 is 2.05 bits per heavy atom. The Labute approximate surface area is 221 Å². The lowest BCUT2D eigenvalue weighted by atomic mass is 9.94. The second-order valence-electron chi connectivity index (χ2n) is 9.80. The van der Waals surface area contributed by atoms with Crippen molar-refractivity contribution in [2.45, 2.75) is 24.3 Å². The first kappa shape index (κ1) is 23.8. The van der Waals surface area contributed by atoms with Crippen molar-refractivity contribution in [1.82, 2.24) is 5.32 Å². The fourth-order valence-corrected chi connectivity index (χ4v) is 5.84. The second-order valence-corrected chi connectivity index (χ2v) is 9.80. The number of hydrogen-bond donors (Lipinski definition) is 2. The van der Waals surface area contributed by atoms with Gasteiger partial charge in [0.15, 0.2) is 0 Å². The Morgan fingerprint density at radius 2 is 1.39 bits per heavy atom. The number of alkyl carbamates (subject to hydrolysis) is 1. The molecule has 0 fully saturated rings. The number of ether oxygens (including phenoxy) is 1. The van der Waals surface area contributed by atoms with E-state index in [4.69, 9.17) is 4.74 Å². The third-order valence-corrected chi connectivity index (χ3v) is 7.59. The molecule has 6 nitrogen and oxygen atoms in total. The molecule has 1 heterocycles. The van der Waals surface area contributed by atoms with Crippen LogP contribution in [-0.2, 0) is 9.53 Å². The Bertz CT molecular complexity index is 1440. The number of fused-ring (bicyclic) bond motifs is 4. The predicted octanol–water partition coefficient (Wildman–Crippen LogP) is 6.30. The Kier molecular flexibility index (Phi) is 6.30. The summed E-state index contributed by atoms with van der Waals surface area (Å²) in [5.41, 5.74) is 7.70. The van der Waals surface area contributed by atoms with E-state index in [1.807, 2.05) is 72.8 Å². The van der Waals surface area contributed by atoms with Gasteiger partial charge in [-0.25, -0.2) is 9.59 Å². The topological polar surface area (TPSA) is 78.9 Å². The smallest absolute Gasteiger partial charge is 0.407 e. The summed E-state index contributed by atoms with van der Waals surface area (Å²) in [6, 6.07) is 33.2. The number of carbonyl (C=O) groups is 2. The van der Waals surface area contributed by atoms with Crippen molar-refractivity contribution in [1.29, 1.82) is 0 Å². The predicted molar refractivity (Wildman–Crippen MR) is 147 cm³/mol. The molecular weight excluding hydrogens is 476 g/mol. The second kappa shape index (κ2) is 10.1. The average molecular weight is 505 g/mol. The molecule has 0 saturated heterocycles. The van der Waals surface area contributed by atoms with Crippen molar-refractivity contribution < 1.29 is 19.4 Å². The fourth-order valence-electron chi connectivity index (χ4n) is 5.84. The molecule has 1 aliphatic carbocycles. The van der Waals surface area contributed by atoms with E-state index in [0.29, 0.717) is 6.54 Å². The van der Waals surface area contributed by atoms with Crippen molar-refractivity contribution in [3.05, 3.63) is 120 Å². The number of nitrogens with one attached hydrogen (secondary N) is 1. The van der Waals surface area contributed by atoms with Crippen LogP contribution < -0.4 is 10.2 Å². The zero-order chi connectivity index (χ0) is 26.1. The molecule has 2 N–H and O–H groups in total. The van der Waals surface area contributed by atoms with E-state index in [-0.39, 0.29) is 24.9 Å². The fraction of sp³-hybridized carbons (Fsp3) is 0.188. The van der Waals surface area contributed by atoms with Gasteiger partial charge in [0.2, 0.25) is 0 Å². The zero-order valence-electron chi connectivity index (χ0n) is 20.8. The number of rotatable bonds is 7. The highest BCUT2D eigenvalue weighted by atomic mass is 16.5. The van der Waals surface area contributed by atoms with Gasteiger partial charge in [0.05, 0.1) is 0 Å². The quantitative estimate of drug-likeness (QED) is 0.309. The van der Waals surface area contributed by atoms with Crippen molar-refractivity contribution in [2.75, 3.05) is 18.1 Å². The van der Waals surface area contributed by atoms with E-state index < -0.39 is 18.1 Å². The maximum absolute atomic E-state index is 12.8. The molecular formula is C32H28N2O4. The molecule has 1 aliphatic heterocycles. The van der Waals surface area contributed by atoms with Crippen molar-refractivity contribution in [3.63, 3.8) is 0 Å². The van der Waals surface area contributed by atoms with Gasteiger partial charge in [-0.15, -0.1) is 0 Å². The lowest BCUT2D eigenvalue weighted by Crippen LogP contribution is -2.42. The summed E-state index contributed by atoms with van der Waals surface area (Å²) in [5.74, 6) is -1.21. The Morgan fingerprint density at radius 1 is 0.816 bits per heavy atom. The monoisotopic (exact) mass is 504 g/mol. The molecule has 0 saturated carbocycles. The van der Waals surface area contributed by atoms with Crippen LogP contribution in [0.25, 0.3) is 11.1 Å². The van der Waals surface area contributed by atoms with E-state index in [1.165, 1.54) is 0 Å². The number of para-hydroxylation sites is 2. The van der Waals surface area contributed by atoms with Gasteiger partial charge in [0.25, 0.3) is 0 Å². The van der Waals surface area contributed by atoms with Crippen LogP contribution >= 0.6 is 0 Å². The van der Waals surface area contributed by atoms with E-state index >= 15 is 0 Å². The van der Waals surface area contributed by atoms with E-state index in [0.717, 1.165) is 39.2 Å². The SMILES string of the molecule is O=C(N[C@@H](CC1CN(c2ccccc2)c2ccccc21)C(=O)O)OCC1c2ccccc2-c2ccccc21. The standard InChI is InChI=1S/C32H28N2O4/c35-31(36)29(18-21-19-34(22-10-2-1-3-11-22)30-17-9-8-12-23(21)30)33-32(37)38-20-28-26-15-6-4-13-24(26)25-14-5-7-16-27(25)28/h1-17,21,28-29H,18-20H2,(H,33,37)(H,35,36)/t21?,29-/m0/s1. The zero-order valence-corrected chi connectivity index (χ0v) is 20.8. The molecule has 1 unspecified atom stereocenters. The maximum atomic E-state index is 12.8. The summed E-state index contributed by atoms with van der Waals surface area (Å²) in [5, 5.41) is 12.6. The number of amides is 1. The molecule has 0 radical (unpaired) electrons. The minimum atomic E-state index is -1.07. The Hall–Kier alpha value is -4.58. The van der Waals surface area contributed by atoms with Crippen LogP contribution in [0.5, 0.6) is 0 Å². The summed E-state index contributed by atoms with van der Waals surface area (Å²) >= 11 is 0. The number of nitrogens with zero attached hydrogens (tertiary/aromatic N) is 1. The highest BCUT2D eigenvalue weighted by molar-refractivity contribution is 5.81. The molecule has 0 aromatic heterocycles. The molecule has 190 valence electrons. The number of carboxylic acids is 1. The maximum Gasteiger partial charge on any atom is 0.407 e. The molecule has 2 aliphatic rings. The van der Waals surface area contributed by atoms with Gasteiger partial charge in [0.1, 0.15) is 12.6 Å². The van der Waals surface area contributed by atoms with Crippen molar-refractivity contribution in [3.8, 4) is 11.1 Å². The molecule has 0 bridgehead atoms. The van der Waals surface area contributed by atoms with Gasteiger partial charge < -0.3 is 20.1 Å². The van der Waals surface area contributed by atoms with Gasteiger partial charge in [-0.1, -0.05) is 84.9 Å². The van der Waals surface area contributed by atoms with E-state index in [1.54, 1.807) is 0 Å². The molecule has 1 amide bonds. The lowest BCUT2D eigenvalue weighted by molar-refractivity contribution is -0.139. The van der Waals surface area contributed by atoms with Gasteiger partial charge in [0, 0.05) is 29.8 Å². The summed E-state index contributed by atoms with van der Waals surface area (Å²) in [7, 11) is 0. The van der Waals surface area contributed by atoms with Gasteiger partial charge in [-0.05, 0) is 52.4 Å². The van der Waals surface area contributed by atoms with Gasteiger partial charge in [-0.2, -0.15) is 0 Å². The third-order valence-electron chi connectivity index (χ3n) is 7.59. The molecule has 2 atom stereocenters. The first-order valence-corrected chi connectivity index (χ1v) is 12.9. The number of carboxylic acid groups (broad SMARTS) is 1. The number of benzene rings is 4. The lowest BCUT2D eigenvalue weighted by Gasteiger charge is -2.22. The minimum absolute atomic E-state index is 0.0543. The summed E-state index contributed by atoms with van der Waals surface area (Å²) in [4.78, 5) is 27.2. The molecule has 4 aromatic carbocycles. The normalized spacial score (nSPS) is 16.3. The van der Waals surface area contributed by atoms with Crippen LogP contribution in [0.3, 0.4) is 0 Å². The van der Waals surface area contributed by atoms with E-state index in [2.05, 4.69) is 40.5 Å². The van der Waals surface area contributed by atoms with Crippen LogP contribution in [0.2, 0.25) is 0 Å². The van der Waals surface area contributed by atoms with E-state index in [9.17, 15) is 14.7 Å². The number of hydrogen-bond acceptors (Lipinski definition) is 4. The Balaban J connectivity index is 1.14. The molecule has 6 heteroatoms. The number of carbonyl (C=O) groups excluding carboxylic acids is 1. The first-order valence-electron chi connectivity index (χ1n) is 12.9. The van der Waals surface area contributed by atoms with Crippen molar-refractivity contribution in [2.24, 2.45) is 0 Å². The van der Waals surface area contributed by atoms with Gasteiger partial charge >= 0.3 is 12.1 Å². The largest absolute Gasteiger partial charge is 0.480 e. The van der Waals surface area contributed by atoms with Crippen molar-refractivity contribution >= 4 is 23.4 Å². The average Bonchev–Trinajstić information content (AvgIpc) is 3.48. The third kappa shape index (κ3) is 4.39. The van der Waals surface area contributed by atoms with Gasteiger partial charge in [-0.3, -0.25) is 0 Å². The number of anilines is 2. The molecule has 0 spiro atoms. The van der Waals surface area contributed by atoms with Crippen LogP contribution in [0.4, 0.5) is 16.2 Å². The molecule has 4 aromatic rings. The minimum Gasteiger partial charge on any atom is -0.480 e. The number of aliphatic carboxylic acids is 1.